The second-order valence-electron chi connectivity index (χ2n) is 8.23. The molecule has 1 N–H and O–H groups in total. The Bertz CT molecular complexity index is 1190. The van der Waals surface area contributed by atoms with E-state index in [0.29, 0.717) is 28.3 Å². The Labute approximate surface area is 210 Å². The molecule has 0 saturated carbocycles. The van der Waals surface area contributed by atoms with Gasteiger partial charge in [0.25, 0.3) is 0 Å². The van der Waals surface area contributed by atoms with Crippen molar-refractivity contribution in [2.75, 3.05) is 13.2 Å². The number of carbonyl (C=O) groups is 3. The Morgan fingerprint density at radius 1 is 0.778 bits per heavy atom. The molecule has 186 valence electrons. The van der Waals surface area contributed by atoms with Crippen molar-refractivity contribution >= 4 is 17.9 Å². The van der Waals surface area contributed by atoms with Crippen molar-refractivity contribution in [2.24, 2.45) is 0 Å². The van der Waals surface area contributed by atoms with E-state index in [9.17, 15) is 14.4 Å². The summed E-state index contributed by atoms with van der Waals surface area (Å²) in [4.78, 5) is 38.5. The molecule has 0 fully saturated rings. The van der Waals surface area contributed by atoms with Crippen LogP contribution in [0.2, 0.25) is 0 Å². The number of carbonyl (C=O) groups excluding carboxylic acids is 3. The molecule has 0 spiro atoms. The molecule has 0 aromatic heterocycles. The highest BCUT2D eigenvalue weighted by Gasteiger charge is 2.38. The molecule has 1 heterocycles. The largest absolute Gasteiger partial charge is 0.458 e. The third-order valence-corrected chi connectivity index (χ3v) is 5.58. The predicted octanol–water partition coefficient (Wildman–Crippen LogP) is 4.91. The molecule has 3 rings (SSSR count). The topological polar surface area (TPSA) is 90.9 Å². The first-order valence-corrected chi connectivity index (χ1v) is 11.4. The smallest absolute Gasteiger partial charge is 0.343 e. The molecule has 1 aliphatic rings. The van der Waals surface area contributed by atoms with Gasteiger partial charge in [-0.15, -0.1) is 0 Å². The van der Waals surface area contributed by atoms with Gasteiger partial charge >= 0.3 is 17.9 Å². The number of hydrogen-bond acceptors (Lipinski definition) is 7. The molecule has 7 nitrogen and oxygen atoms in total. The van der Waals surface area contributed by atoms with Gasteiger partial charge in [-0.2, -0.15) is 0 Å². The van der Waals surface area contributed by atoms with Crippen LogP contribution >= 0.6 is 0 Å². The minimum atomic E-state index is -0.761. The van der Waals surface area contributed by atoms with Gasteiger partial charge < -0.3 is 19.5 Å². The summed E-state index contributed by atoms with van der Waals surface area (Å²) in [6.45, 7) is 12.6. The van der Waals surface area contributed by atoms with Gasteiger partial charge in [-0.25, -0.2) is 14.4 Å². The summed E-state index contributed by atoms with van der Waals surface area (Å²) in [5, 5.41) is 3.09. The van der Waals surface area contributed by atoms with Crippen molar-refractivity contribution in [3.8, 4) is 5.75 Å². The first-order valence-electron chi connectivity index (χ1n) is 11.4. The number of dihydropyridines is 1. The van der Waals surface area contributed by atoms with Crippen molar-refractivity contribution in [3.05, 3.63) is 113 Å². The zero-order chi connectivity index (χ0) is 26.2. The van der Waals surface area contributed by atoms with Crippen LogP contribution < -0.4 is 10.1 Å². The van der Waals surface area contributed by atoms with E-state index in [0.717, 1.165) is 5.56 Å². The number of esters is 3. The summed E-state index contributed by atoms with van der Waals surface area (Å²) < 4.78 is 16.1. The summed E-state index contributed by atoms with van der Waals surface area (Å²) in [6, 6.07) is 13.7. The van der Waals surface area contributed by atoms with Gasteiger partial charge in [0, 0.05) is 11.4 Å². The van der Waals surface area contributed by atoms with Gasteiger partial charge in [-0.1, -0.05) is 55.1 Å². The van der Waals surface area contributed by atoms with Crippen LogP contribution in [0.25, 0.3) is 0 Å². The Hall–Kier alpha value is -4.39. The van der Waals surface area contributed by atoms with Crippen LogP contribution in [-0.2, 0) is 19.1 Å². The summed E-state index contributed by atoms with van der Waals surface area (Å²) in [7, 11) is 0. The summed E-state index contributed by atoms with van der Waals surface area (Å²) >= 11 is 0. The molecule has 7 heteroatoms. The third-order valence-electron chi connectivity index (χ3n) is 5.58. The molecule has 36 heavy (non-hydrogen) atoms. The second-order valence-corrected chi connectivity index (χ2v) is 8.23. The van der Waals surface area contributed by atoms with E-state index in [-0.39, 0.29) is 24.4 Å². The second kappa shape index (κ2) is 11.8. The van der Waals surface area contributed by atoms with E-state index in [1.165, 1.54) is 12.2 Å². The van der Waals surface area contributed by atoms with E-state index in [4.69, 9.17) is 14.2 Å². The molecule has 0 radical (unpaired) electrons. The van der Waals surface area contributed by atoms with E-state index >= 15 is 0 Å². The van der Waals surface area contributed by atoms with Gasteiger partial charge in [0.2, 0.25) is 0 Å². The number of rotatable bonds is 9. The summed E-state index contributed by atoms with van der Waals surface area (Å²) in [6.07, 6.45) is 2.94. The van der Waals surface area contributed by atoms with Crippen LogP contribution in [0.5, 0.6) is 5.75 Å². The van der Waals surface area contributed by atoms with Crippen LogP contribution in [0, 0.1) is 6.92 Å². The molecule has 0 aliphatic carbocycles. The van der Waals surface area contributed by atoms with E-state index in [1.807, 2.05) is 19.1 Å². The van der Waals surface area contributed by atoms with Crippen LogP contribution in [0.4, 0.5) is 0 Å². The zero-order valence-electron chi connectivity index (χ0n) is 20.6. The lowest BCUT2D eigenvalue weighted by Gasteiger charge is -2.30. The lowest BCUT2D eigenvalue weighted by Crippen LogP contribution is -2.32. The molecule has 2 aromatic carbocycles. The van der Waals surface area contributed by atoms with Gasteiger partial charge in [-0.3, -0.25) is 0 Å². The van der Waals surface area contributed by atoms with E-state index < -0.39 is 23.8 Å². The first-order chi connectivity index (χ1) is 17.3. The fraction of sp³-hybridized carbons (Fsp3) is 0.207. The number of allylic oxidation sites excluding steroid dienone is 2. The Morgan fingerprint density at radius 2 is 1.28 bits per heavy atom. The number of aryl methyl sites for hydroxylation is 1. The highest BCUT2D eigenvalue weighted by atomic mass is 16.5. The standard InChI is InChI=1S/C29H29NO6/c1-6-16-34-28(32)24-19(4)30-20(5)25(29(33)35-17-7-2)26(24)21-12-14-23(15-13-21)36-27(31)22-10-8-18(3)9-11-22/h6-15,26,30H,1-2,16-17H2,3-5H3. The van der Waals surface area contributed by atoms with Gasteiger partial charge in [0.05, 0.1) is 22.6 Å². The fourth-order valence-electron chi connectivity index (χ4n) is 3.88. The minimum absolute atomic E-state index is 0.0230. The molecular formula is C29H29NO6. The van der Waals surface area contributed by atoms with Gasteiger partial charge in [0.1, 0.15) is 19.0 Å². The Kier molecular flexibility index (Phi) is 8.62. The molecule has 2 aromatic rings. The normalized spacial score (nSPS) is 13.5. The predicted molar refractivity (Wildman–Crippen MR) is 136 cm³/mol. The molecule has 0 bridgehead atoms. The Morgan fingerprint density at radius 3 is 1.75 bits per heavy atom. The van der Waals surface area contributed by atoms with E-state index in [1.54, 1.807) is 50.2 Å². The first kappa shape index (κ1) is 26.2. The highest BCUT2D eigenvalue weighted by molar-refractivity contribution is 6.00. The Balaban J connectivity index is 1.96. The SMILES string of the molecule is C=CCOC(=O)C1=C(C)NC(C)=C(C(=O)OCC=C)C1c1ccc(OC(=O)c2ccc(C)cc2)cc1. The summed E-state index contributed by atoms with van der Waals surface area (Å²) in [5.74, 6) is -2.09. The average molecular weight is 488 g/mol. The maximum atomic E-state index is 13.0. The van der Waals surface area contributed by atoms with Gasteiger partial charge in [0.15, 0.2) is 0 Å². The van der Waals surface area contributed by atoms with Crippen LogP contribution in [0.1, 0.15) is 41.3 Å². The number of nitrogens with one attached hydrogen (secondary N) is 1. The van der Waals surface area contributed by atoms with Crippen molar-refractivity contribution < 1.29 is 28.6 Å². The zero-order valence-corrected chi connectivity index (χ0v) is 20.6. The molecule has 0 unspecified atom stereocenters. The number of ether oxygens (including phenoxy) is 3. The quantitative estimate of drug-likeness (QED) is 0.305. The minimum Gasteiger partial charge on any atom is -0.458 e. The fourth-order valence-corrected chi connectivity index (χ4v) is 3.88. The van der Waals surface area contributed by atoms with Crippen molar-refractivity contribution in [2.45, 2.75) is 26.7 Å². The molecule has 0 saturated heterocycles. The molecular weight excluding hydrogens is 458 g/mol. The number of hydrogen-bond donors (Lipinski definition) is 1. The lowest BCUT2D eigenvalue weighted by atomic mass is 9.80. The maximum absolute atomic E-state index is 13.0. The van der Waals surface area contributed by atoms with E-state index in [2.05, 4.69) is 18.5 Å². The summed E-state index contributed by atoms with van der Waals surface area (Å²) in [5.41, 5.74) is 3.76. The van der Waals surface area contributed by atoms with Crippen LogP contribution in [0.15, 0.2) is 96.4 Å². The van der Waals surface area contributed by atoms with Crippen molar-refractivity contribution in [1.82, 2.24) is 5.32 Å². The van der Waals surface area contributed by atoms with Crippen LogP contribution in [-0.4, -0.2) is 31.1 Å². The highest BCUT2D eigenvalue weighted by Crippen LogP contribution is 2.39. The number of benzene rings is 2. The van der Waals surface area contributed by atoms with Gasteiger partial charge in [-0.05, 0) is 50.6 Å². The van der Waals surface area contributed by atoms with Crippen molar-refractivity contribution in [1.29, 1.82) is 0 Å². The molecule has 0 atom stereocenters. The molecule has 0 amide bonds. The molecule has 1 aliphatic heterocycles. The van der Waals surface area contributed by atoms with Crippen LogP contribution in [0.3, 0.4) is 0 Å². The third kappa shape index (κ3) is 5.99. The monoisotopic (exact) mass is 487 g/mol. The lowest BCUT2D eigenvalue weighted by molar-refractivity contribution is -0.138. The average Bonchev–Trinajstić information content (AvgIpc) is 2.86. The van der Waals surface area contributed by atoms with Crippen molar-refractivity contribution in [3.63, 3.8) is 0 Å². The maximum Gasteiger partial charge on any atom is 0.343 e.